The number of hydrogen-bond donors (Lipinski definition) is 1. The Kier molecular flexibility index (Phi) is 6.05. The van der Waals surface area contributed by atoms with Crippen LogP contribution in [0.1, 0.15) is 35.8 Å². The number of aromatic nitrogens is 1. The fraction of sp³-hybridized carbons (Fsp3) is 0.182. The number of Topliss-reactive ketones (excluding diaryl/α,β-unsaturated/α-hetero) is 1. The van der Waals surface area contributed by atoms with Crippen molar-refractivity contribution in [1.82, 2.24) is 4.98 Å². The zero-order chi connectivity index (χ0) is 20.8. The van der Waals surface area contributed by atoms with E-state index < -0.39 is 17.5 Å². The predicted octanol–water partition coefficient (Wildman–Crippen LogP) is 4.13. The number of benzene rings is 2. The van der Waals surface area contributed by atoms with Crippen molar-refractivity contribution in [3.8, 4) is 23.3 Å². The van der Waals surface area contributed by atoms with Gasteiger partial charge in [-0.15, -0.1) is 0 Å². The van der Waals surface area contributed by atoms with Gasteiger partial charge >= 0.3 is 5.97 Å². The maximum Gasteiger partial charge on any atom is 0.306 e. The van der Waals surface area contributed by atoms with Gasteiger partial charge in [-0.1, -0.05) is 18.2 Å². The third-order valence-corrected chi connectivity index (χ3v) is 4.15. The lowest BCUT2D eigenvalue weighted by molar-refractivity contribution is -0.143. The number of ketones is 1. The number of pyridine rings is 1. The molecule has 1 N–H and O–H groups in total. The van der Waals surface area contributed by atoms with E-state index in [2.05, 4.69) is 4.98 Å². The number of ether oxygens (including phenoxy) is 2. The van der Waals surface area contributed by atoms with Crippen LogP contribution in [-0.2, 0) is 9.53 Å². The Balaban J connectivity index is 1.93. The Morgan fingerprint density at radius 2 is 1.86 bits per heavy atom. The van der Waals surface area contributed by atoms with Crippen molar-refractivity contribution >= 4 is 22.7 Å². The molecule has 0 spiro atoms. The minimum absolute atomic E-state index is 0.0759. The van der Waals surface area contributed by atoms with Crippen LogP contribution in [0.25, 0.3) is 10.9 Å². The van der Waals surface area contributed by atoms with Gasteiger partial charge in [0.1, 0.15) is 28.8 Å². The molecule has 146 valence electrons. The van der Waals surface area contributed by atoms with Gasteiger partial charge in [0.15, 0.2) is 11.5 Å². The molecule has 0 aliphatic carbocycles. The number of esters is 1. The van der Waals surface area contributed by atoms with E-state index in [1.165, 1.54) is 0 Å². The summed E-state index contributed by atoms with van der Waals surface area (Å²) >= 11 is 0. The lowest BCUT2D eigenvalue weighted by Gasteiger charge is -2.10. The average molecular weight is 390 g/mol. The summed E-state index contributed by atoms with van der Waals surface area (Å²) in [5.74, 6) is -0.482. The largest absolute Gasteiger partial charge is 0.504 e. The molecule has 0 aliphatic rings. The molecule has 0 amide bonds. The van der Waals surface area contributed by atoms with Crippen molar-refractivity contribution < 1.29 is 24.2 Å². The van der Waals surface area contributed by atoms with Gasteiger partial charge in [-0.2, -0.15) is 5.26 Å². The van der Waals surface area contributed by atoms with Crippen molar-refractivity contribution in [2.24, 2.45) is 0 Å². The highest BCUT2D eigenvalue weighted by Crippen LogP contribution is 2.33. The fourth-order valence-electron chi connectivity index (χ4n) is 2.80. The number of rotatable bonds is 7. The molecular weight excluding hydrogens is 372 g/mol. The van der Waals surface area contributed by atoms with Gasteiger partial charge in [-0.05, 0) is 37.3 Å². The van der Waals surface area contributed by atoms with Crippen LogP contribution in [0.5, 0.6) is 17.2 Å². The van der Waals surface area contributed by atoms with Crippen LogP contribution in [0.3, 0.4) is 0 Å². The number of nitriles is 1. The number of carbonyl (C=O) groups is 2. The topological polar surface area (TPSA) is 110 Å². The van der Waals surface area contributed by atoms with Gasteiger partial charge in [0.2, 0.25) is 0 Å². The molecule has 2 aromatic carbocycles. The van der Waals surface area contributed by atoms with Crippen molar-refractivity contribution in [2.75, 3.05) is 6.61 Å². The Hall–Kier alpha value is -3.92. The van der Waals surface area contributed by atoms with Crippen molar-refractivity contribution in [3.05, 3.63) is 59.8 Å². The fourth-order valence-corrected chi connectivity index (χ4v) is 2.80. The maximum atomic E-state index is 12.4. The molecule has 1 aromatic heterocycles. The third kappa shape index (κ3) is 4.50. The van der Waals surface area contributed by atoms with Gasteiger partial charge in [0.05, 0.1) is 18.5 Å². The summed E-state index contributed by atoms with van der Waals surface area (Å²) in [6, 6.07) is 15.9. The van der Waals surface area contributed by atoms with Crippen LogP contribution >= 0.6 is 0 Å². The van der Waals surface area contributed by atoms with E-state index in [1.807, 2.05) is 24.3 Å². The molecule has 7 nitrogen and oxygen atoms in total. The van der Waals surface area contributed by atoms with E-state index in [9.17, 15) is 20.0 Å². The zero-order valence-corrected chi connectivity index (χ0v) is 15.7. The highest BCUT2D eigenvalue weighted by molar-refractivity contribution is 6.02. The van der Waals surface area contributed by atoms with Crippen molar-refractivity contribution in [2.45, 2.75) is 19.8 Å². The molecule has 0 unspecified atom stereocenters. The Morgan fingerprint density at radius 1 is 1.10 bits per heavy atom. The number of para-hydroxylation sites is 1. The first-order valence-electron chi connectivity index (χ1n) is 9.02. The van der Waals surface area contributed by atoms with Crippen LogP contribution < -0.4 is 4.74 Å². The molecule has 0 fully saturated rings. The standard InChI is InChI=1S/C22H18N2O5/c1-2-28-20(26)11-10-19(25)21-22(27)17(13-23)16-12-15(8-9-18(16)24-21)29-14-6-4-3-5-7-14/h3-9,12,27H,2,10-11H2,1H3. The molecule has 0 bridgehead atoms. The highest BCUT2D eigenvalue weighted by Gasteiger charge is 2.21. The monoisotopic (exact) mass is 390 g/mol. The number of nitrogens with zero attached hydrogens (tertiary/aromatic N) is 2. The second kappa shape index (κ2) is 8.85. The van der Waals surface area contributed by atoms with Crippen LogP contribution in [-0.4, -0.2) is 28.4 Å². The SMILES string of the molecule is CCOC(=O)CCC(=O)c1nc2ccc(Oc3ccccc3)cc2c(C#N)c1O. The Bertz CT molecular complexity index is 1100. The molecule has 0 aliphatic heterocycles. The second-order valence-corrected chi connectivity index (χ2v) is 6.12. The summed E-state index contributed by atoms with van der Waals surface area (Å²) in [5, 5.41) is 20.3. The number of aromatic hydroxyl groups is 1. The van der Waals surface area contributed by atoms with Gasteiger partial charge < -0.3 is 14.6 Å². The second-order valence-electron chi connectivity index (χ2n) is 6.12. The van der Waals surface area contributed by atoms with Crippen LogP contribution in [0.15, 0.2) is 48.5 Å². The van der Waals surface area contributed by atoms with E-state index in [1.54, 1.807) is 37.3 Å². The molecule has 0 radical (unpaired) electrons. The summed E-state index contributed by atoms with van der Waals surface area (Å²) in [4.78, 5) is 28.1. The van der Waals surface area contributed by atoms with Gasteiger partial charge in [-0.25, -0.2) is 4.98 Å². The zero-order valence-electron chi connectivity index (χ0n) is 15.7. The number of carbonyl (C=O) groups excluding carboxylic acids is 2. The third-order valence-electron chi connectivity index (χ3n) is 4.15. The summed E-state index contributed by atoms with van der Waals surface area (Å²) < 4.78 is 10.5. The molecule has 3 rings (SSSR count). The molecule has 0 saturated heterocycles. The van der Waals surface area contributed by atoms with E-state index in [0.717, 1.165) is 0 Å². The summed E-state index contributed by atoms with van der Waals surface area (Å²) in [6.45, 7) is 1.89. The molecule has 7 heteroatoms. The minimum atomic E-state index is -0.543. The van der Waals surface area contributed by atoms with Gasteiger partial charge in [0.25, 0.3) is 0 Å². The molecule has 0 saturated carbocycles. The van der Waals surface area contributed by atoms with Crippen LogP contribution in [0.2, 0.25) is 0 Å². The first-order chi connectivity index (χ1) is 14.0. The highest BCUT2D eigenvalue weighted by atomic mass is 16.5. The Labute approximate surface area is 167 Å². The quantitative estimate of drug-likeness (QED) is 0.477. The average Bonchev–Trinajstić information content (AvgIpc) is 2.72. The molecule has 3 aromatic rings. The first kappa shape index (κ1) is 19.8. The van der Waals surface area contributed by atoms with E-state index in [0.29, 0.717) is 22.4 Å². The van der Waals surface area contributed by atoms with Crippen LogP contribution in [0, 0.1) is 11.3 Å². The lowest BCUT2D eigenvalue weighted by Crippen LogP contribution is -2.10. The predicted molar refractivity (Wildman–Crippen MR) is 105 cm³/mol. The normalized spacial score (nSPS) is 10.3. The molecule has 0 atom stereocenters. The number of hydrogen-bond acceptors (Lipinski definition) is 7. The minimum Gasteiger partial charge on any atom is -0.504 e. The summed E-state index contributed by atoms with van der Waals surface area (Å²) in [6.07, 6.45) is -0.303. The lowest BCUT2D eigenvalue weighted by atomic mass is 10.0. The Morgan fingerprint density at radius 3 is 2.55 bits per heavy atom. The molecule has 29 heavy (non-hydrogen) atoms. The van der Waals surface area contributed by atoms with Crippen molar-refractivity contribution in [3.63, 3.8) is 0 Å². The summed E-state index contributed by atoms with van der Waals surface area (Å²) in [7, 11) is 0. The molecule has 1 heterocycles. The van der Waals surface area contributed by atoms with Gasteiger partial charge in [0, 0.05) is 11.8 Å². The van der Waals surface area contributed by atoms with E-state index in [-0.39, 0.29) is 30.7 Å². The van der Waals surface area contributed by atoms with Gasteiger partial charge in [-0.3, -0.25) is 9.59 Å². The molecular formula is C22H18N2O5. The summed E-state index contributed by atoms with van der Waals surface area (Å²) in [5.41, 5.74) is 0.0438. The van der Waals surface area contributed by atoms with Crippen molar-refractivity contribution in [1.29, 1.82) is 5.26 Å². The number of fused-ring (bicyclic) bond motifs is 1. The van der Waals surface area contributed by atoms with E-state index >= 15 is 0 Å². The van der Waals surface area contributed by atoms with E-state index in [4.69, 9.17) is 9.47 Å². The first-order valence-corrected chi connectivity index (χ1v) is 9.02. The smallest absolute Gasteiger partial charge is 0.306 e. The van der Waals surface area contributed by atoms with Crippen LogP contribution in [0.4, 0.5) is 0 Å². The maximum absolute atomic E-state index is 12.4.